The van der Waals surface area contributed by atoms with Gasteiger partial charge in [-0.25, -0.2) is 4.68 Å². The van der Waals surface area contributed by atoms with E-state index in [1.807, 2.05) is 6.92 Å². The van der Waals surface area contributed by atoms with Gasteiger partial charge < -0.3 is 10.6 Å². The molecule has 1 aliphatic heterocycles. The topological polar surface area (TPSA) is 59.0 Å². The molecule has 0 bridgehead atoms. The molecule has 0 aromatic carbocycles. The number of fused-ring (bicyclic) bond motifs is 1. The molecule has 1 aliphatic carbocycles. The summed E-state index contributed by atoms with van der Waals surface area (Å²) in [5, 5.41) is 10.9. The monoisotopic (exact) mass is 298 g/mol. The minimum Gasteiger partial charge on any atom is -0.379 e. The van der Waals surface area contributed by atoms with Crippen LogP contribution in [0.5, 0.6) is 0 Å². The van der Waals surface area contributed by atoms with Crippen LogP contribution in [0.2, 0.25) is 0 Å². The first-order valence-electron chi connectivity index (χ1n) is 5.95. The van der Waals surface area contributed by atoms with Gasteiger partial charge in [-0.1, -0.05) is 0 Å². The van der Waals surface area contributed by atoms with Gasteiger partial charge in [-0.3, -0.25) is 4.79 Å². The van der Waals surface area contributed by atoms with E-state index in [-0.39, 0.29) is 5.56 Å². The van der Waals surface area contributed by atoms with E-state index in [1.54, 1.807) is 6.20 Å². The number of hydrogen-bond acceptors (Lipinski definition) is 4. The third-order valence-corrected chi connectivity index (χ3v) is 4.46. The van der Waals surface area contributed by atoms with E-state index in [0.717, 1.165) is 30.6 Å². The van der Waals surface area contributed by atoms with Crippen molar-refractivity contribution in [2.75, 3.05) is 18.4 Å². The van der Waals surface area contributed by atoms with Crippen LogP contribution in [0, 0.1) is 11.8 Å². The zero-order chi connectivity index (χ0) is 12.0. The van der Waals surface area contributed by atoms with Crippen molar-refractivity contribution in [2.24, 2.45) is 11.8 Å². The molecule has 92 valence electrons. The first-order valence-corrected chi connectivity index (χ1v) is 6.74. The number of nitrogens with one attached hydrogen (secondary N) is 2. The van der Waals surface area contributed by atoms with Gasteiger partial charge in [0.2, 0.25) is 0 Å². The lowest BCUT2D eigenvalue weighted by molar-refractivity contribution is 0.612. The normalized spacial score (nSPS) is 30.1. The Balaban J connectivity index is 1.80. The summed E-state index contributed by atoms with van der Waals surface area (Å²) in [6.07, 6.45) is 1.73. The largest absolute Gasteiger partial charge is 0.379 e. The number of nitrogens with zero attached hydrogens (tertiary/aromatic N) is 2. The summed E-state index contributed by atoms with van der Waals surface area (Å²) < 4.78 is 2.04. The Bertz CT molecular complexity index is 491. The summed E-state index contributed by atoms with van der Waals surface area (Å²) in [6.45, 7) is 4.67. The van der Waals surface area contributed by atoms with Crippen molar-refractivity contribution in [2.45, 2.75) is 19.5 Å². The fourth-order valence-corrected chi connectivity index (χ4v) is 3.02. The quantitative estimate of drug-likeness (QED) is 0.861. The van der Waals surface area contributed by atoms with Gasteiger partial charge in [0.25, 0.3) is 5.56 Å². The van der Waals surface area contributed by atoms with Crippen LogP contribution in [0.15, 0.2) is 15.5 Å². The van der Waals surface area contributed by atoms with Crippen molar-refractivity contribution >= 4 is 21.6 Å². The second-order valence-electron chi connectivity index (χ2n) is 4.65. The summed E-state index contributed by atoms with van der Waals surface area (Å²) in [7, 11) is 0. The third-order valence-electron chi connectivity index (χ3n) is 3.70. The van der Waals surface area contributed by atoms with Crippen LogP contribution in [0.25, 0.3) is 0 Å². The van der Waals surface area contributed by atoms with E-state index in [9.17, 15) is 4.79 Å². The average molecular weight is 299 g/mol. The fraction of sp³-hybridized carbons (Fsp3) is 0.636. The van der Waals surface area contributed by atoms with E-state index in [1.165, 1.54) is 4.68 Å². The summed E-state index contributed by atoms with van der Waals surface area (Å²) in [5.41, 5.74) is 0.750. The highest BCUT2D eigenvalue weighted by molar-refractivity contribution is 9.10. The highest BCUT2D eigenvalue weighted by Gasteiger charge is 2.53. The van der Waals surface area contributed by atoms with Crippen molar-refractivity contribution in [3.63, 3.8) is 0 Å². The Morgan fingerprint density at radius 3 is 2.94 bits per heavy atom. The summed E-state index contributed by atoms with van der Waals surface area (Å²) >= 11 is 3.36. The van der Waals surface area contributed by atoms with Crippen molar-refractivity contribution in [3.05, 3.63) is 21.0 Å². The minimum atomic E-state index is -0.0681. The molecule has 1 aromatic rings. The van der Waals surface area contributed by atoms with Gasteiger partial charge in [0.05, 0.1) is 11.9 Å². The molecule has 2 heterocycles. The van der Waals surface area contributed by atoms with Crippen LogP contribution in [-0.2, 0) is 6.54 Å². The summed E-state index contributed by atoms with van der Waals surface area (Å²) in [6, 6.07) is 0.506. The molecule has 0 radical (unpaired) electrons. The lowest BCUT2D eigenvalue weighted by Gasteiger charge is -2.11. The molecule has 2 atom stereocenters. The number of rotatable bonds is 3. The van der Waals surface area contributed by atoms with Crippen LogP contribution < -0.4 is 16.2 Å². The maximum atomic E-state index is 11.9. The van der Waals surface area contributed by atoms with E-state index in [2.05, 4.69) is 31.7 Å². The number of halogens is 1. The van der Waals surface area contributed by atoms with Crippen LogP contribution >= 0.6 is 15.9 Å². The van der Waals surface area contributed by atoms with Crippen LogP contribution in [0.4, 0.5) is 5.69 Å². The van der Waals surface area contributed by atoms with E-state index in [4.69, 9.17) is 0 Å². The fourth-order valence-electron chi connectivity index (χ4n) is 2.60. The molecule has 3 rings (SSSR count). The van der Waals surface area contributed by atoms with Crippen molar-refractivity contribution in [1.29, 1.82) is 0 Å². The molecular weight excluding hydrogens is 284 g/mol. The number of piperidine rings is 1. The predicted molar refractivity (Wildman–Crippen MR) is 69.1 cm³/mol. The van der Waals surface area contributed by atoms with Crippen LogP contribution in [-0.4, -0.2) is 28.9 Å². The lowest BCUT2D eigenvalue weighted by Crippen LogP contribution is -2.26. The zero-order valence-electron chi connectivity index (χ0n) is 9.61. The van der Waals surface area contributed by atoms with E-state index < -0.39 is 0 Å². The average Bonchev–Trinajstić information content (AvgIpc) is 2.76. The summed E-state index contributed by atoms with van der Waals surface area (Å²) in [4.78, 5) is 11.9. The Kier molecular flexibility index (Phi) is 2.71. The Hall–Kier alpha value is -0.880. The first-order chi connectivity index (χ1) is 8.22. The second-order valence-corrected chi connectivity index (χ2v) is 5.44. The molecule has 17 heavy (non-hydrogen) atoms. The molecule has 1 saturated heterocycles. The van der Waals surface area contributed by atoms with E-state index in [0.29, 0.717) is 17.1 Å². The third kappa shape index (κ3) is 1.79. The van der Waals surface area contributed by atoms with Crippen molar-refractivity contribution in [3.8, 4) is 0 Å². The maximum absolute atomic E-state index is 11.9. The second kappa shape index (κ2) is 4.10. The molecule has 2 unspecified atom stereocenters. The van der Waals surface area contributed by atoms with Crippen LogP contribution in [0.3, 0.4) is 0 Å². The molecule has 0 amide bonds. The van der Waals surface area contributed by atoms with Crippen LogP contribution in [0.1, 0.15) is 6.92 Å². The van der Waals surface area contributed by atoms with E-state index >= 15 is 0 Å². The molecule has 6 heteroatoms. The maximum Gasteiger partial charge on any atom is 0.283 e. The summed E-state index contributed by atoms with van der Waals surface area (Å²) in [5.74, 6) is 1.44. The van der Waals surface area contributed by atoms with Gasteiger partial charge in [-0.05, 0) is 34.7 Å². The zero-order valence-corrected chi connectivity index (χ0v) is 11.2. The van der Waals surface area contributed by atoms with Gasteiger partial charge in [0, 0.05) is 25.7 Å². The molecule has 1 aromatic heterocycles. The molecular formula is C11H15BrN4O. The van der Waals surface area contributed by atoms with Crippen molar-refractivity contribution < 1.29 is 0 Å². The molecule has 2 aliphatic rings. The van der Waals surface area contributed by atoms with Gasteiger partial charge in [-0.2, -0.15) is 5.10 Å². The Labute approximate surface area is 108 Å². The number of aromatic nitrogens is 2. The molecule has 5 nitrogen and oxygen atoms in total. The van der Waals surface area contributed by atoms with Crippen molar-refractivity contribution in [1.82, 2.24) is 15.1 Å². The lowest BCUT2D eigenvalue weighted by atomic mass is 10.4. The Morgan fingerprint density at radius 2 is 2.29 bits per heavy atom. The highest BCUT2D eigenvalue weighted by Crippen LogP contribution is 2.44. The Morgan fingerprint density at radius 1 is 1.59 bits per heavy atom. The SMILES string of the molecule is CCn1ncc(NC2C3CNCC32)c(Br)c1=O. The van der Waals surface area contributed by atoms with Gasteiger partial charge >= 0.3 is 0 Å². The molecule has 0 spiro atoms. The minimum absolute atomic E-state index is 0.0681. The first kappa shape index (κ1) is 11.2. The number of aryl methyl sites for hydroxylation is 1. The standard InChI is InChI=1S/C11H15BrN4O/c1-2-16-11(17)9(12)8(5-14-16)15-10-6-3-13-4-7(6)10/h5-7,10,13,15H,2-4H2,1H3. The smallest absolute Gasteiger partial charge is 0.283 e. The molecule has 2 N–H and O–H groups in total. The predicted octanol–water partition coefficient (Wildman–Crippen LogP) is 0.655. The van der Waals surface area contributed by atoms with Gasteiger partial charge in [0.15, 0.2) is 0 Å². The number of anilines is 1. The van der Waals surface area contributed by atoms with Gasteiger partial charge in [-0.15, -0.1) is 0 Å². The van der Waals surface area contributed by atoms with Gasteiger partial charge in [0.1, 0.15) is 4.47 Å². The molecule has 1 saturated carbocycles. The highest BCUT2D eigenvalue weighted by atomic mass is 79.9. The molecule has 2 fully saturated rings. The number of hydrogen-bond donors (Lipinski definition) is 2.